The minimum atomic E-state index is -3.51. The lowest BCUT2D eigenvalue weighted by Crippen LogP contribution is -2.38. The van der Waals surface area contributed by atoms with Gasteiger partial charge in [-0.25, -0.2) is 13.1 Å². The zero-order chi connectivity index (χ0) is 13.8. The molecule has 0 spiro atoms. The molecule has 8 heteroatoms. The van der Waals surface area contributed by atoms with Crippen LogP contribution in [-0.2, 0) is 14.8 Å². The Balaban J connectivity index is 2.85. The second-order valence-corrected chi connectivity index (χ2v) is 8.46. The summed E-state index contributed by atoms with van der Waals surface area (Å²) in [6, 6.07) is 1.33. The van der Waals surface area contributed by atoms with Crippen LogP contribution in [0.1, 0.15) is 12.0 Å². The normalized spacial score (nSPS) is 13.8. The lowest BCUT2D eigenvalue weighted by molar-refractivity contribution is 0.173. The number of hydrogen-bond donors (Lipinski definition) is 1. The highest BCUT2D eigenvalue weighted by Crippen LogP contribution is 2.30. The van der Waals surface area contributed by atoms with E-state index >= 15 is 0 Å². The molecule has 18 heavy (non-hydrogen) atoms. The molecule has 1 heterocycles. The van der Waals surface area contributed by atoms with Crippen LogP contribution in [0.4, 0.5) is 0 Å². The van der Waals surface area contributed by atoms with Gasteiger partial charge in [0.1, 0.15) is 4.21 Å². The Bertz CT molecular complexity index is 464. The summed E-state index contributed by atoms with van der Waals surface area (Å²) in [6.45, 7) is 2.16. The molecule has 4 nitrogen and oxygen atoms in total. The van der Waals surface area contributed by atoms with E-state index in [1.165, 1.54) is 18.4 Å². The fourth-order valence-electron chi connectivity index (χ4n) is 1.35. The average molecular weight is 377 g/mol. The van der Waals surface area contributed by atoms with E-state index in [4.69, 9.17) is 16.3 Å². The topological polar surface area (TPSA) is 55.4 Å². The highest BCUT2D eigenvalue weighted by molar-refractivity contribution is 9.11. The molecule has 0 aliphatic carbocycles. The van der Waals surface area contributed by atoms with E-state index in [-0.39, 0.29) is 6.04 Å². The second kappa shape index (κ2) is 7.21. The van der Waals surface area contributed by atoms with Gasteiger partial charge in [-0.2, -0.15) is 0 Å². The summed E-state index contributed by atoms with van der Waals surface area (Å²) in [7, 11) is -1.98. The summed E-state index contributed by atoms with van der Waals surface area (Å²) < 4.78 is 33.0. The molecule has 0 aliphatic heterocycles. The molecule has 0 bridgehead atoms. The van der Waals surface area contributed by atoms with Crippen LogP contribution in [-0.4, -0.2) is 34.1 Å². The smallest absolute Gasteiger partial charge is 0.250 e. The molecular weight excluding hydrogens is 362 g/mol. The molecule has 0 saturated carbocycles. The van der Waals surface area contributed by atoms with Gasteiger partial charge < -0.3 is 4.74 Å². The van der Waals surface area contributed by atoms with Gasteiger partial charge in [-0.1, -0.05) is 0 Å². The number of methoxy groups -OCH3 is 1. The third kappa shape index (κ3) is 4.47. The van der Waals surface area contributed by atoms with Gasteiger partial charge >= 0.3 is 0 Å². The van der Waals surface area contributed by atoms with Gasteiger partial charge in [0, 0.05) is 19.0 Å². The lowest BCUT2D eigenvalue weighted by atomic mass is 10.3. The first-order chi connectivity index (χ1) is 8.40. The number of halogens is 2. The van der Waals surface area contributed by atoms with Crippen LogP contribution < -0.4 is 4.72 Å². The summed E-state index contributed by atoms with van der Waals surface area (Å²) in [5.41, 5.74) is 0.904. The molecule has 0 saturated heterocycles. The predicted molar refractivity (Wildman–Crippen MR) is 78.1 cm³/mol. The van der Waals surface area contributed by atoms with Crippen molar-refractivity contribution in [2.24, 2.45) is 0 Å². The van der Waals surface area contributed by atoms with Crippen molar-refractivity contribution < 1.29 is 13.2 Å². The molecule has 104 valence electrons. The van der Waals surface area contributed by atoms with Crippen LogP contribution in [0.25, 0.3) is 0 Å². The number of rotatable bonds is 7. The highest BCUT2D eigenvalue weighted by atomic mass is 79.9. The van der Waals surface area contributed by atoms with Gasteiger partial charge in [-0.3, -0.25) is 0 Å². The maximum absolute atomic E-state index is 12.1. The Morgan fingerprint density at radius 1 is 1.61 bits per heavy atom. The van der Waals surface area contributed by atoms with Crippen molar-refractivity contribution in [3.8, 4) is 0 Å². The largest absolute Gasteiger partial charge is 0.383 e. The molecule has 1 unspecified atom stereocenters. The van der Waals surface area contributed by atoms with Crippen molar-refractivity contribution in [1.29, 1.82) is 0 Å². The van der Waals surface area contributed by atoms with Crippen LogP contribution in [0.3, 0.4) is 0 Å². The van der Waals surface area contributed by atoms with E-state index in [2.05, 4.69) is 20.7 Å². The van der Waals surface area contributed by atoms with E-state index in [1.54, 1.807) is 6.07 Å². The molecule has 0 aromatic carbocycles. The van der Waals surface area contributed by atoms with Crippen molar-refractivity contribution in [3.05, 3.63) is 15.4 Å². The first kappa shape index (κ1) is 16.4. The number of hydrogen-bond acceptors (Lipinski definition) is 4. The Kier molecular flexibility index (Phi) is 6.57. The second-order valence-electron chi connectivity index (χ2n) is 3.77. The Hall–Kier alpha value is 0.340. The van der Waals surface area contributed by atoms with Crippen LogP contribution >= 0.6 is 38.9 Å². The molecule has 1 aromatic rings. The zero-order valence-electron chi connectivity index (χ0n) is 10.1. The number of nitrogens with one attached hydrogen (secondary N) is 1. The van der Waals surface area contributed by atoms with Crippen molar-refractivity contribution in [1.82, 2.24) is 4.72 Å². The fourth-order valence-corrected chi connectivity index (χ4v) is 5.11. The van der Waals surface area contributed by atoms with Crippen LogP contribution in [0, 0.1) is 6.92 Å². The highest BCUT2D eigenvalue weighted by Gasteiger charge is 2.22. The van der Waals surface area contributed by atoms with Gasteiger partial charge in [0.25, 0.3) is 0 Å². The van der Waals surface area contributed by atoms with E-state index in [1.807, 2.05) is 6.92 Å². The van der Waals surface area contributed by atoms with E-state index in [9.17, 15) is 8.42 Å². The number of alkyl halides is 1. The standard InChI is InChI=1S/C10H15BrClNO3S2/c1-7-5-9(17-10(7)11)18(14,15)13-8(3-4-12)6-16-2/h5,8,13H,3-4,6H2,1-2H3. The van der Waals surface area contributed by atoms with Crippen LogP contribution in [0.5, 0.6) is 0 Å². The quantitative estimate of drug-likeness (QED) is 0.744. The Labute approximate surface area is 125 Å². The molecule has 1 aromatic heterocycles. The zero-order valence-corrected chi connectivity index (χ0v) is 14.0. The number of thiophene rings is 1. The van der Waals surface area contributed by atoms with E-state index in [0.29, 0.717) is 23.1 Å². The molecule has 1 rings (SSSR count). The summed E-state index contributed by atoms with van der Waals surface area (Å²) in [6.07, 6.45) is 0.528. The van der Waals surface area contributed by atoms with Gasteiger partial charge in [-0.15, -0.1) is 22.9 Å². The van der Waals surface area contributed by atoms with Crippen molar-refractivity contribution in [2.45, 2.75) is 23.6 Å². The molecule has 0 fully saturated rings. The molecule has 0 amide bonds. The van der Waals surface area contributed by atoms with Gasteiger partial charge in [0.2, 0.25) is 10.0 Å². The summed E-state index contributed by atoms with van der Waals surface area (Å²) in [5.74, 6) is 0.379. The predicted octanol–water partition coefficient (Wildman–Crippen LogP) is 2.74. The lowest BCUT2D eigenvalue weighted by Gasteiger charge is -2.15. The van der Waals surface area contributed by atoms with Crippen LogP contribution in [0.15, 0.2) is 14.1 Å². The third-order valence-electron chi connectivity index (χ3n) is 2.25. The minimum Gasteiger partial charge on any atom is -0.383 e. The molecular formula is C10H15BrClNO3S2. The van der Waals surface area contributed by atoms with Crippen molar-refractivity contribution in [2.75, 3.05) is 19.6 Å². The van der Waals surface area contributed by atoms with Gasteiger partial charge in [0.15, 0.2) is 0 Å². The molecule has 0 radical (unpaired) electrons. The number of sulfonamides is 1. The number of ether oxygens (including phenoxy) is 1. The molecule has 0 aliphatic rings. The first-order valence-electron chi connectivity index (χ1n) is 5.24. The third-order valence-corrected chi connectivity index (χ3v) is 6.60. The van der Waals surface area contributed by atoms with E-state index < -0.39 is 10.0 Å². The Morgan fingerprint density at radius 3 is 2.72 bits per heavy atom. The SMILES string of the molecule is COCC(CCCl)NS(=O)(=O)c1cc(C)c(Br)s1. The maximum Gasteiger partial charge on any atom is 0.250 e. The summed E-state index contributed by atoms with van der Waals surface area (Å²) >= 11 is 10.1. The fraction of sp³-hybridized carbons (Fsp3) is 0.600. The van der Waals surface area contributed by atoms with E-state index in [0.717, 1.165) is 9.35 Å². The molecule has 1 atom stereocenters. The number of aryl methyl sites for hydroxylation is 1. The van der Waals surface area contributed by atoms with Crippen molar-refractivity contribution >= 4 is 48.9 Å². The molecule has 1 N–H and O–H groups in total. The first-order valence-corrected chi connectivity index (χ1v) is 8.86. The maximum atomic E-state index is 12.1. The summed E-state index contributed by atoms with van der Waals surface area (Å²) in [5, 5.41) is 0. The van der Waals surface area contributed by atoms with Crippen LogP contribution in [0.2, 0.25) is 0 Å². The Morgan fingerprint density at radius 2 is 2.28 bits per heavy atom. The summed E-state index contributed by atoms with van der Waals surface area (Å²) in [4.78, 5) is 0. The van der Waals surface area contributed by atoms with Gasteiger partial charge in [-0.05, 0) is 40.9 Å². The van der Waals surface area contributed by atoms with Gasteiger partial charge in [0.05, 0.1) is 10.4 Å². The monoisotopic (exact) mass is 375 g/mol. The minimum absolute atomic E-state index is 0.294. The van der Waals surface area contributed by atoms with Crippen molar-refractivity contribution in [3.63, 3.8) is 0 Å². The average Bonchev–Trinajstić information content (AvgIpc) is 2.60.